The third kappa shape index (κ3) is 6.48. The first-order valence-corrected chi connectivity index (χ1v) is 7.40. The molecule has 0 amide bonds. The van der Waals surface area contributed by atoms with Crippen molar-refractivity contribution in [2.24, 2.45) is 10.7 Å². The highest BCUT2D eigenvalue weighted by atomic mass is 127. The summed E-state index contributed by atoms with van der Waals surface area (Å²) in [5.41, 5.74) is 9.14. The molecule has 0 aliphatic rings. The fourth-order valence-corrected chi connectivity index (χ4v) is 2.08. The van der Waals surface area contributed by atoms with Crippen LogP contribution < -0.4 is 15.8 Å². The molecule has 0 spiro atoms. The molecule has 0 saturated heterocycles. The Morgan fingerprint density at radius 3 is 2.61 bits per heavy atom. The molecule has 2 aromatic carbocycles. The Bertz CT molecular complexity index is 658. The lowest BCUT2D eigenvalue weighted by atomic mass is 10.2. The van der Waals surface area contributed by atoms with E-state index in [0.717, 1.165) is 17.0 Å². The van der Waals surface area contributed by atoms with E-state index >= 15 is 0 Å². The van der Waals surface area contributed by atoms with E-state index in [-0.39, 0.29) is 30.1 Å². The molecule has 3 N–H and O–H groups in total. The summed E-state index contributed by atoms with van der Waals surface area (Å²) in [7, 11) is 0. The zero-order chi connectivity index (χ0) is 15.9. The second kappa shape index (κ2) is 9.39. The molecule has 0 aromatic heterocycles. The molecule has 0 fully saturated rings. The topological polar surface area (TPSA) is 59.6 Å². The van der Waals surface area contributed by atoms with Crippen molar-refractivity contribution in [3.05, 3.63) is 59.7 Å². The number of ether oxygens (including phenoxy) is 1. The van der Waals surface area contributed by atoms with Crippen molar-refractivity contribution in [1.82, 2.24) is 0 Å². The molecule has 2 rings (SSSR count). The number of benzene rings is 2. The molecule has 0 saturated carbocycles. The predicted octanol–water partition coefficient (Wildman–Crippen LogP) is 4.12. The SMILES string of the molecule is Cc1cccc(NC(N)=NCC(C)Oc2ccccc2C)c1.I. The summed E-state index contributed by atoms with van der Waals surface area (Å²) in [6.45, 7) is 6.55. The average molecular weight is 425 g/mol. The number of nitrogens with one attached hydrogen (secondary N) is 1. The lowest BCUT2D eigenvalue weighted by molar-refractivity contribution is 0.229. The van der Waals surface area contributed by atoms with Gasteiger partial charge in [-0.2, -0.15) is 0 Å². The number of aliphatic imine (C=N–C) groups is 1. The van der Waals surface area contributed by atoms with E-state index in [1.165, 1.54) is 5.56 Å². The number of nitrogens with two attached hydrogens (primary N) is 1. The summed E-state index contributed by atoms with van der Waals surface area (Å²) in [4.78, 5) is 4.33. The first-order valence-electron chi connectivity index (χ1n) is 7.40. The Labute approximate surface area is 155 Å². The van der Waals surface area contributed by atoms with Gasteiger partial charge in [0.15, 0.2) is 5.96 Å². The molecule has 23 heavy (non-hydrogen) atoms. The van der Waals surface area contributed by atoms with Crippen LogP contribution in [0.5, 0.6) is 5.75 Å². The summed E-state index contributed by atoms with van der Waals surface area (Å²) in [5, 5.41) is 3.09. The molecule has 4 nitrogen and oxygen atoms in total. The van der Waals surface area contributed by atoms with Crippen molar-refractivity contribution >= 4 is 35.6 Å². The number of guanidine groups is 1. The van der Waals surface area contributed by atoms with E-state index in [4.69, 9.17) is 10.5 Å². The van der Waals surface area contributed by atoms with Gasteiger partial charge in [-0.25, -0.2) is 4.99 Å². The maximum Gasteiger partial charge on any atom is 0.193 e. The van der Waals surface area contributed by atoms with Gasteiger partial charge in [0, 0.05) is 5.69 Å². The maximum absolute atomic E-state index is 5.91. The number of hydrogen-bond acceptors (Lipinski definition) is 2. The van der Waals surface area contributed by atoms with Crippen molar-refractivity contribution in [1.29, 1.82) is 0 Å². The van der Waals surface area contributed by atoms with Crippen LogP contribution in [0.4, 0.5) is 5.69 Å². The minimum absolute atomic E-state index is 0. The molecule has 0 radical (unpaired) electrons. The van der Waals surface area contributed by atoms with Gasteiger partial charge in [0.2, 0.25) is 0 Å². The highest BCUT2D eigenvalue weighted by molar-refractivity contribution is 14.0. The summed E-state index contributed by atoms with van der Waals surface area (Å²) < 4.78 is 5.87. The van der Waals surface area contributed by atoms with Gasteiger partial charge in [0.05, 0.1) is 6.54 Å². The minimum atomic E-state index is -0.0426. The van der Waals surface area contributed by atoms with Gasteiger partial charge in [-0.15, -0.1) is 24.0 Å². The second-order valence-corrected chi connectivity index (χ2v) is 5.41. The molecule has 1 unspecified atom stereocenters. The van der Waals surface area contributed by atoms with Crippen LogP contribution in [0.15, 0.2) is 53.5 Å². The Morgan fingerprint density at radius 2 is 1.91 bits per heavy atom. The first kappa shape index (κ1) is 19.3. The van der Waals surface area contributed by atoms with E-state index < -0.39 is 0 Å². The summed E-state index contributed by atoms with van der Waals surface area (Å²) in [6.07, 6.45) is -0.0426. The van der Waals surface area contributed by atoms with Crippen LogP contribution in [0.2, 0.25) is 0 Å². The molecule has 0 aliphatic carbocycles. The number of halogens is 1. The van der Waals surface area contributed by atoms with Gasteiger partial charge in [-0.1, -0.05) is 30.3 Å². The predicted molar refractivity (Wildman–Crippen MR) is 108 cm³/mol. The van der Waals surface area contributed by atoms with E-state index in [9.17, 15) is 0 Å². The van der Waals surface area contributed by atoms with Crippen molar-refractivity contribution in [3.63, 3.8) is 0 Å². The smallest absolute Gasteiger partial charge is 0.193 e. The number of para-hydroxylation sites is 1. The average Bonchev–Trinajstić information content (AvgIpc) is 2.48. The standard InChI is InChI=1S/C18H23N3O.HI/c1-13-7-6-9-16(11-13)21-18(19)20-12-15(3)22-17-10-5-4-8-14(17)2;/h4-11,15H,12H2,1-3H3,(H3,19,20,21);1H. The molecule has 0 bridgehead atoms. The lowest BCUT2D eigenvalue weighted by Crippen LogP contribution is -2.25. The van der Waals surface area contributed by atoms with E-state index in [1.807, 2.05) is 69.3 Å². The third-order valence-electron chi connectivity index (χ3n) is 3.23. The molecule has 0 aliphatic heterocycles. The maximum atomic E-state index is 5.91. The largest absolute Gasteiger partial charge is 0.489 e. The fraction of sp³-hybridized carbons (Fsp3) is 0.278. The quantitative estimate of drug-likeness (QED) is 0.431. The minimum Gasteiger partial charge on any atom is -0.489 e. The van der Waals surface area contributed by atoms with Crippen molar-refractivity contribution in [3.8, 4) is 5.75 Å². The van der Waals surface area contributed by atoms with Crippen LogP contribution in [0.1, 0.15) is 18.1 Å². The molecular weight excluding hydrogens is 401 g/mol. The molecule has 2 aromatic rings. The fourth-order valence-electron chi connectivity index (χ4n) is 2.08. The zero-order valence-electron chi connectivity index (χ0n) is 13.7. The molecule has 124 valence electrons. The van der Waals surface area contributed by atoms with Gasteiger partial charge >= 0.3 is 0 Å². The number of aryl methyl sites for hydroxylation is 2. The summed E-state index contributed by atoms with van der Waals surface area (Å²) in [6, 6.07) is 16.0. The summed E-state index contributed by atoms with van der Waals surface area (Å²) in [5.74, 6) is 1.28. The van der Waals surface area contributed by atoms with E-state index in [1.54, 1.807) is 0 Å². The molecule has 5 heteroatoms. The normalized spacial score (nSPS) is 12.2. The number of rotatable bonds is 5. The number of hydrogen-bond donors (Lipinski definition) is 2. The van der Waals surface area contributed by atoms with Crippen molar-refractivity contribution in [2.45, 2.75) is 26.9 Å². The number of anilines is 1. The Morgan fingerprint density at radius 1 is 1.17 bits per heavy atom. The van der Waals surface area contributed by atoms with Crippen molar-refractivity contribution in [2.75, 3.05) is 11.9 Å². The highest BCUT2D eigenvalue weighted by Crippen LogP contribution is 2.17. The molecular formula is C18H24IN3O. The molecule has 1 atom stereocenters. The van der Waals surface area contributed by atoms with Gasteiger partial charge in [-0.05, 0) is 50.1 Å². The monoisotopic (exact) mass is 425 g/mol. The zero-order valence-corrected chi connectivity index (χ0v) is 16.1. The highest BCUT2D eigenvalue weighted by Gasteiger charge is 2.05. The van der Waals surface area contributed by atoms with E-state index in [2.05, 4.69) is 10.3 Å². The van der Waals surface area contributed by atoms with Crippen molar-refractivity contribution < 1.29 is 4.74 Å². The van der Waals surface area contributed by atoms with Crippen LogP contribution >= 0.6 is 24.0 Å². The van der Waals surface area contributed by atoms with Crippen LogP contribution in [-0.4, -0.2) is 18.6 Å². The second-order valence-electron chi connectivity index (χ2n) is 5.41. The lowest BCUT2D eigenvalue weighted by Gasteiger charge is -2.15. The van der Waals surface area contributed by atoms with Gasteiger partial charge in [0.1, 0.15) is 11.9 Å². The van der Waals surface area contributed by atoms with Crippen LogP contribution in [0.25, 0.3) is 0 Å². The first-order chi connectivity index (χ1) is 10.5. The summed E-state index contributed by atoms with van der Waals surface area (Å²) >= 11 is 0. The van der Waals surface area contributed by atoms with Gasteiger partial charge in [-0.3, -0.25) is 0 Å². The van der Waals surface area contributed by atoms with Crippen LogP contribution in [0, 0.1) is 13.8 Å². The van der Waals surface area contributed by atoms with Crippen LogP contribution in [-0.2, 0) is 0 Å². The number of nitrogens with zero attached hydrogens (tertiary/aromatic N) is 1. The Balaban J connectivity index is 0.00000264. The Kier molecular flexibility index (Phi) is 7.88. The third-order valence-corrected chi connectivity index (χ3v) is 3.23. The molecule has 0 heterocycles. The van der Waals surface area contributed by atoms with Gasteiger partial charge in [0.25, 0.3) is 0 Å². The Hall–Kier alpha value is -1.76. The van der Waals surface area contributed by atoms with E-state index in [0.29, 0.717) is 12.5 Å². The van der Waals surface area contributed by atoms with Gasteiger partial charge < -0.3 is 15.8 Å². The van der Waals surface area contributed by atoms with Crippen LogP contribution in [0.3, 0.4) is 0 Å².